The molecule has 0 saturated carbocycles. The molecule has 3 aliphatic rings. The number of esters is 1. The molecule has 6 unspecified atom stereocenters. The number of morpholine rings is 1. The summed E-state index contributed by atoms with van der Waals surface area (Å²) in [6.07, 6.45) is -3.15. The van der Waals surface area contributed by atoms with Crippen LogP contribution in [0.3, 0.4) is 0 Å². The first-order chi connectivity index (χ1) is 13.4. The van der Waals surface area contributed by atoms with Gasteiger partial charge in [-0.25, -0.2) is 0 Å². The Morgan fingerprint density at radius 2 is 2.04 bits per heavy atom. The number of ether oxygens (including phenoxy) is 4. The summed E-state index contributed by atoms with van der Waals surface area (Å²) in [5, 5.41) is 31.5. The molecule has 3 saturated heterocycles. The number of nitrogens with zero attached hydrogens (tertiary/aromatic N) is 1. The minimum absolute atomic E-state index is 0.0262. The number of epoxide rings is 1. The number of fused-ring (bicyclic) bond motifs is 5. The van der Waals surface area contributed by atoms with Gasteiger partial charge in [-0.3, -0.25) is 4.79 Å². The Balaban J connectivity index is 1.50. The predicted molar refractivity (Wildman–Crippen MR) is 93.6 cm³/mol. The molecule has 0 aromatic heterocycles. The van der Waals surface area contributed by atoms with E-state index in [2.05, 4.69) is 0 Å². The van der Waals surface area contributed by atoms with E-state index in [0.29, 0.717) is 12.0 Å². The molecular weight excluding hydrogens is 370 g/mol. The maximum absolute atomic E-state index is 12.7. The fraction of sp³-hybridized carbons (Fsp3) is 0.632. The Hall–Kier alpha value is -1.59. The molecule has 28 heavy (non-hydrogen) atoms. The van der Waals surface area contributed by atoms with Crippen molar-refractivity contribution in [2.24, 2.45) is 0 Å². The number of methoxy groups -OCH3 is 2. The highest BCUT2D eigenvalue weighted by atomic mass is 16.8. The van der Waals surface area contributed by atoms with Crippen LogP contribution in [-0.4, -0.2) is 83.2 Å². The fourth-order valence-electron chi connectivity index (χ4n) is 4.57. The van der Waals surface area contributed by atoms with Crippen LogP contribution in [0.15, 0.2) is 30.3 Å². The average Bonchev–Trinajstić information content (AvgIpc) is 3.47. The van der Waals surface area contributed by atoms with Crippen LogP contribution in [0.1, 0.15) is 24.3 Å². The van der Waals surface area contributed by atoms with Crippen LogP contribution in [0.2, 0.25) is 0 Å². The standard InChI is InChI=1S/C19H25NO8/c1-25-19(24,26-2)20-14-8-12(9-18(20,23)16-15(14)28-16)27-17(22)13(10-21)11-6-4-3-5-7-11/h3-7,12-16,21,23-24H,8-10H2,1-2H3. The second kappa shape index (κ2) is 7.03. The van der Waals surface area contributed by atoms with Gasteiger partial charge in [0.05, 0.1) is 12.6 Å². The van der Waals surface area contributed by atoms with Crippen molar-refractivity contribution in [3.8, 4) is 0 Å². The number of benzene rings is 1. The second-order valence-corrected chi connectivity index (χ2v) is 7.44. The number of aliphatic hydroxyl groups excluding tert-OH is 1. The minimum atomic E-state index is -2.11. The quantitative estimate of drug-likeness (QED) is 0.319. The number of hydrogen-bond donors (Lipinski definition) is 3. The first-order valence-electron chi connectivity index (χ1n) is 9.24. The summed E-state index contributed by atoms with van der Waals surface area (Å²) in [4.78, 5) is 14.0. The SMILES string of the molecule is COC(O)(OC)N1C2CC(OC(=O)C(CO)c3ccccc3)CC1(O)C1OC21. The van der Waals surface area contributed by atoms with Gasteiger partial charge in [0.1, 0.15) is 24.2 Å². The lowest BCUT2D eigenvalue weighted by atomic mass is 9.95. The van der Waals surface area contributed by atoms with Crippen molar-refractivity contribution in [1.82, 2.24) is 4.90 Å². The van der Waals surface area contributed by atoms with Crippen molar-refractivity contribution in [2.75, 3.05) is 20.8 Å². The smallest absolute Gasteiger partial charge is 0.353 e. The summed E-state index contributed by atoms with van der Waals surface area (Å²) < 4.78 is 21.3. The number of hydrogen-bond acceptors (Lipinski definition) is 9. The molecule has 0 spiro atoms. The highest BCUT2D eigenvalue weighted by molar-refractivity contribution is 5.78. The van der Waals surface area contributed by atoms with Gasteiger partial charge < -0.3 is 34.3 Å². The first kappa shape index (κ1) is 19.7. The summed E-state index contributed by atoms with van der Waals surface area (Å²) in [5.74, 6) is -1.36. The number of carbonyl (C=O) groups is 1. The number of piperidine rings is 1. The van der Waals surface area contributed by atoms with Crippen molar-refractivity contribution in [2.45, 2.75) is 54.9 Å². The van der Waals surface area contributed by atoms with E-state index in [1.54, 1.807) is 24.3 Å². The van der Waals surface area contributed by atoms with Gasteiger partial charge in [0, 0.05) is 27.1 Å². The molecule has 9 nitrogen and oxygen atoms in total. The Bertz CT molecular complexity index is 726. The van der Waals surface area contributed by atoms with E-state index in [-0.39, 0.29) is 19.1 Å². The predicted octanol–water partition coefficient (Wildman–Crippen LogP) is -0.495. The van der Waals surface area contributed by atoms with E-state index in [4.69, 9.17) is 18.9 Å². The maximum atomic E-state index is 12.7. The Labute approximate surface area is 162 Å². The van der Waals surface area contributed by atoms with Gasteiger partial charge in [-0.1, -0.05) is 30.3 Å². The van der Waals surface area contributed by atoms with Gasteiger partial charge in [0.2, 0.25) is 0 Å². The average molecular weight is 395 g/mol. The zero-order chi connectivity index (χ0) is 20.1. The summed E-state index contributed by atoms with van der Waals surface area (Å²) in [7, 11) is 2.55. The number of aliphatic hydroxyl groups is 3. The molecule has 154 valence electrons. The molecule has 1 aromatic rings. The van der Waals surface area contributed by atoms with Crippen molar-refractivity contribution in [3.05, 3.63) is 35.9 Å². The summed E-state index contributed by atoms with van der Waals surface area (Å²) in [6, 6.07) is 8.45. The Morgan fingerprint density at radius 1 is 1.36 bits per heavy atom. The molecule has 3 aliphatic heterocycles. The van der Waals surface area contributed by atoms with Crippen molar-refractivity contribution in [1.29, 1.82) is 0 Å². The molecule has 1 aromatic carbocycles. The lowest BCUT2D eigenvalue weighted by Gasteiger charge is -2.50. The zero-order valence-corrected chi connectivity index (χ0v) is 15.7. The third kappa shape index (κ3) is 2.94. The molecule has 0 aliphatic carbocycles. The molecular formula is C19H25NO8. The molecule has 3 N–H and O–H groups in total. The van der Waals surface area contributed by atoms with E-state index in [9.17, 15) is 20.1 Å². The zero-order valence-electron chi connectivity index (χ0n) is 15.7. The number of rotatable bonds is 7. The molecule has 9 heteroatoms. The number of carbonyl (C=O) groups excluding carboxylic acids is 1. The van der Waals surface area contributed by atoms with Crippen LogP contribution in [0.4, 0.5) is 0 Å². The Kier molecular flexibility index (Phi) is 4.95. The van der Waals surface area contributed by atoms with Gasteiger partial charge in [0.25, 0.3) is 0 Å². The van der Waals surface area contributed by atoms with Crippen LogP contribution >= 0.6 is 0 Å². The van der Waals surface area contributed by atoms with Crippen LogP contribution in [0.5, 0.6) is 0 Å². The van der Waals surface area contributed by atoms with Crippen LogP contribution in [-0.2, 0) is 23.7 Å². The third-order valence-electron chi connectivity index (χ3n) is 5.93. The van der Waals surface area contributed by atoms with Crippen molar-refractivity contribution < 1.29 is 39.1 Å². The second-order valence-electron chi connectivity index (χ2n) is 7.44. The van der Waals surface area contributed by atoms with Crippen LogP contribution < -0.4 is 0 Å². The summed E-state index contributed by atoms with van der Waals surface area (Å²) in [5.41, 5.74) is -0.936. The van der Waals surface area contributed by atoms with Gasteiger partial charge in [-0.2, -0.15) is 4.90 Å². The molecule has 3 fully saturated rings. The first-order valence-corrected chi connectivity index (χ1v) is 9.24. The van der Waals surface area contributed by atoms with Gasteiger partial charge in [0.15, 0.2) is 5.72 Å². The van der Waals surface area contributed by atoms with Crippen molar-refractivity contribution in [3.63, 3.8) is 0 Å². The largest absolute Gasteiger partial charge is 0.462 e. The highest BCUT2D eigenvalue weighted by Gasteiger charge is 2.76. The molecule has 3 heterocycles. The lowest BCUT2D eigenvalue weighted by Crippen LogP contribution is -2.69. The van der Waals surface area contributed by atoms with E-state index < -0.39 is 42.0 Å². The maximum Gasteiger partial charge on any atom is 0.353 e. The van der Waals surface area contributed by atoms with Gasteiger partial charge >= 0.3 is 12.1 Å². The normalized spacial score (nSPS) is 35.3. The molecule has 2 bridgehead atoms. The van der Waals surface area contributed by atoms with E-state index in [1.165, 1.54) is 19.1 Å². The monoisotopic (exact) mass is 395 g/mol. The summed E-state index contributed by atoms with van der Waals surface area (Å²) in [6.45, 7) is -0.378. The molecule has 0 radical (unpaired) electrons. The lowest BCUT2D eigenvalue weighted by molar-refractivity contribution is -0.460. The van der Waals surface area contributed by atoms with E-state index in [1.807, 2.05) is 6.07 Å². The molecule has 0 amide bonds. The molecule has 4 rings (SSSR count). The van der Waals surface area contributed by atoms with Crippen LogP contribution in [0.25, 0.3) is 0 Å². The van der Waals surface area contributed by atoms with Gasteiger partial charge in [-0.05, 0) is 5.56 Å². The third-order valence-corrected chi connectivity index (χ3v) is 5.93. The Morgan fingerprint density at radius 3 is 2.61 bits per heavy atom. The fourth-order valence-corrected chi connectivity index (χ4v) is 4.57. The van der Waals surface area contributed by atoms with Gasteiger partial charge in [-0.15, -0.1) is 0 Å². The summed E-state index contributed by atoms with van der Waals surface area (Å²) >= 11 is 0. The molecule has 6 atom stereocenters. The van der Waals surface area contributed by atoms with E-state index in [0.717, 1.165) is 0 Å². The minimum Gasteiger partial charge on any atom is -0.462 e. The van der Waals surface area contributed by atoms with Crippen molar-refractivity contribution >= 4 is 5.97 Å². The van der Waals surface area contributed by atoms with Crippen LogP contribution in [0, 0.1) is 0 Å². The topological polar surface area (TPSA) is 121 Å². The highest BCUT2D eigenvalue weighted by Crippen LogP contribution is 2.56. The van der Waals surface area contributed by atoms with E-state index >= 15 is 0 Å².